The van der Waals surface area contributed by atoms with E-state index in [9.17, 15) is 4.79 Å². The molecule has 18 heavy (non-hydrogen) atoms. The Balaban J connectivity index is 2.01. The molecule has 0 aromatic carbocycles. The lowest BCUT2D eigenvalue weighted by molar-refractivity contribution is -0.243. The van der Waals surface area contributed by atoms with Gasteiger partial charge in [-0.15, -0.1) is 0 Å². The van der Waals surface area contributed by atoms with E-state index in [0.717, 1.165) is 11.8 Å². The Labute approximate surface area is 110 Å². The second-order valence-electron chi connectivity index (χ2n) is 7.94. The summed E-state index contributed by atoms with van der Waals surface area (Å²) in [5.74, 6) is 2.96. The largest absolute Gasteiger partial charge is 0.458 e. The van der Waals surface area contributed by atoms with Crippen LogP contribution in [-0.4, -0.2) is 11.6 Å². The predicted octanol–water partition coefficient (Wildman–Crippen LogP) is 3.79. The van der Waals surface area contributed by atoms with Crippen molar-refractivity contribution in [3.63, 3.8) is 0 Å². The molecule has 4 saturated carbocycles. The molecule has 4 bridgehead atoms. The summed E-state index contributed by atoms with van der Waals surface area (Å²) in [5, 5.41) is 0. The number of ether oxygens (including phenoxy) is 1. The summed E-state index contributed by atoms with van der Waals surface area (Å²) in [5.41, 5.74) is -0.131. The molecule has 0 unspecified atom stereocenters. The van der Waals surface area contributed by atoms with E-state index in [0.29, 0.717) is 11.8 Å². The minimum Gasteiger partial charge on any atom is -0.458 e. The van der Waals surface area contributed by atoms with Crippen LogP contribution in [0.1, 0.15) is 59.8 Å². The molecule has 0 radical (unpaired) electrons. The molecular formula is C16H26O2. The Kier molecular flexibility index (Phi) is 2.60. The lowest BCUT2D eigenvalue weighted by atomic mass is 9.45. The van der Waals surface area contributed by atoms with Gasteiger partial charge in [-0.2, -0.15) is 0 Å². The topological polar surface area (TPSA) is 26.3 Å². The number of hydrogen-bond acceptors (Lipinski definition) is 2. The van der Waals surface area contributed by atoms with E-state index in [2.05, 4.69) is 20.8 Å². The standard InChI is InChI=1S/C16H26O2/c1-10(17)18-16(15(2,3)4)13-6-11-5-12(8-13)9-14(16)7-11/h11-14H,5-9H2,1-4H3. The van der Waals surface area contributed by atoms with Crippen molar-refractivity contribution in [1.82, 2.24) is 0 Å². The van der Waals surface area contributed by atoms with E-state index in [1.807, 2.05) is 0 Å². The van der Waals surface area contributed by atoms with Crippen LogP contribution in [0.3, 0.4) is 0 Å². The Morgan fingerprint density at radius 1 is 1.00 bits per heavy atom. The van der Waals surface area contributed by atoms with Crippen LogP contribution in [0, 0.1) is 29.1 Å². The molecule has 0 saturated heterocycles. The second kappa shape index (κ2) is 3.74. The summed E-state index contributed by atoms with van der Waals surface area (Å²) in [6, 6.07) is 0. The first-order valence-corrected chi connectivity index (χ1v) is 7.52. The van der Waals surface area contributed by atoms with Gasteiger partial charge in [0.15, 0.2) is 0 Å². The Morgan fingerprint density at radius 2 is 1.44 bits per heavy atom. The van der Waals surface area contributed by atoms with Crippen molar-refractivity contribution in [1.29, 1.82) is 0 Å². The highest BCUT2D eigenvalue weighted by Crippen LogP contribution is 2.64. The summed E-state index contributed by atoms with van der Waals surface area (Å²) in [4.78, 5) is 11.7. The third-order valence-electron chi connectivity index (χ3n) is 5.84. The molecule has 4 aliphatic rings. The van der Waals surface area contributed by atoms with Crippen LogP contribution in [0.25, 0.3) is 0 Å². The molecule has 0 aliphatic heterocycles. The molecule has 4 aliphatic carbocycles. The van der Waals surface area contributed by atoms with Crippen molar-refractivity contribution in [3.05, 3.63) is 0 Å². The van der Waals surface area contributed by atoms with Gasteiger partial charge >= 0.3 is 5.97 Å². The van der Waals surface area contributed by atoms with E-state index < -0.39 is 0 Å². The zero-order chi connectivity index (χ0) is 13.1. The number of esters is 1. The fourth-order valence-electron chi connectivity index (χ4n) is 5.67. The number of carbonyl (C=O) groups excluding carboxylic acids is 1. The van der Waals surface area contributed by atoms with Gasteiger partial charge in [0.25, 0.3) is 0 Å². The molecule has 0 heterocycles. The Morgan fingerprint density at radius 3 is 1.78 bits per heavy atom. The number of rotatable bonds is 1. The van der Waals surface area contributed by atoms with Crippen LogP contribution in [0.4, 0.5) is 0 Å². The summed E-state index contributed by atoms with van der Waals surface area (Å²) in [6.45, 7) is 8.37. The average Bonchev–Trinajstić information content (AvgIpc) is 2.20. The Hall–Kier alpha value is -0.530. The van der Waals surface area contributed by atoms with Crippen molar-refractivity contribution in [3.8, 4) is 0 Å². The molecule has 0 N–H and O–H groups in total. The molecule has 0 aromatic heterocycles. The molecule has 0 atom stereocenters. The molecule has 4 fully saturated rings. The SMILES string of the molecule is CC(=O)OC1(C(C)(C)C)C2CC3CC(C2)CC1C3. The van der Waals surface area contributed by atoms with Gasteiger partial charge in [0, 0.05) is 24.2 Å². The Bertz CT molecular complexity index is 336. The van der Waals surface area contributed by atoms with E-state index in [4.69, 9.17) is 4.74 Å². The van der Waals surface area contributed by atoms with Crippen molar-refractivity contribution in [2.45, 2.75) is 65.4 Å². The maximum absolute atomic E-state index is 11.7. The molecule has 0 aromatic rings. The zero-order valence-corrected chi connectivity index (χ0v) is 12.2. The van der Waals surface area contributed by atoms with Gasteiger partial charge in [-0.3, -0.25) is 4.79 Å². The molecule has 102 valence electrons. The molecule has 2 nitrogen and oxygen atoms in total. The third kappa shape index (κ3) is 1.57. The quantitative estimate of drug-likeness (QED) is 0.662. The molecular weight excluding hydrogens is 224 g/mol. The normalized spacial score (nSPS) is 46.2. The van der Waals surface area contributed by atoms with Crippen LogP contribution in [0.5, 0.6) is 0 Å². The van der Waals surface area contributed by atoms with E-state index in [-0.39, 0.29) is 17.0 Å². The third-order valence-corrected chi connectivity index (χ3v) is 5.84. The zero-order valence-electron chi connectivity index (χ0n) is 12.2. The van der Waals surface area contributed by atoms with Crippen LogP contribution < -0.4 is 0 Å². The van der Waals surface area contributed by atoms with Crippen molar-refractivity contribution in [2.24, 2.45) is 29.1 Å². The highest BCUT2D eigenvalue weighted by molar-refractivity contribution is 5.67. The number of hydrogen-bond donors (Lipinski definition) is 0. The monoisotopic (exact) mass is 250 g/mol. The molecule has 0 spiro atoms. The van der Waals surface area contributed by atoms with Crippen molar-refractivity contribution < 1.29 is 9.53 Å². The van der Waals surface area contributed by atoms with Gasteiger partial charge in [-0.25, -0.2) is 0 Å². The van der Waals surface area contributed by atoms with Gasteiger partial charge < -0.3 is 4.74 Å². The summed E-state index contributed by atoms with van der Waals surface area (Å²) in [7, 11) is 0. The summed E-state index contributed by atoms with van der Waals surface area (Å²) < 4.78 is 6.04. The minimum absolute atomic E-state index is 0.0568. The van der Waals surface area contributed by atoms with Gasteiger partial charge in [-0.1, -0.05) is 20.8 Å². The first kappa shape index (κ1) is 12.5. The number of carbonyl (C=O) groups is 1. The van der Waals surface area contributed by atoms with Gasteiger partial charge in [0.1, 0.15) is 5.60 Å². The second-order valence-corrected chi connectivity index (χ2v) is 7.94. The highest BCUT2D eigenvalue weighted by atomic mass is 16.6. The van der Waals surface area contributed by atoms with Gasteiger partial charge in [0.2, 0.25) is 0 Å². The van der Waals surface area contributed by atoms with Crippen molar-refractivity contribution >= 4 is 5.97 Å². The smallest absolute Gasteiger partial charge is 0.303 e. The van der Waals surface area contributed by atoms with Crippen LogP contribution >= 0.6 is 0 Å². The molecule has 0 amide bonds. The van der Waals surface area contributed by atoms with Crippen LogP contribution in [0.15, 0.2) is 0 Å². The van der Waals surface area contributed by atoms with E-state index in [1.165, 1.54) is 32.1 Å². The maximum Gasteiger partial charge on any atom is 0.303 e. The first-order chi connectivity index (χ1) is 8.33. The average molecular weight is 250 g/mol. The molecule has 2 heteroatoms. The predicted molar refractivity (Wildman–Crippen MR) is 71.0 cm³/mol. The van der Waals surface area contributed by atoms with Crippen LogP contribution in [-0.2, 0) is 9.53 Å². The van der Waals surface area contributed by atoms with Gasteiger partial charge in [-0.05, 0) is 43.9 Å². The minimum atomic E-state index is -0.188. The van der Waals surface area contributed by atoms with E-state index in [1.54, 1.807) is 6.92 Å². The summed E-state index contributed by atoms with van der Waals surface area (Å²) in [6.07, 6.45) is 6.59. The fraction of sp³-hybridized carbons (Fsp3) is 0.938. The van der Waals surface area contributed by atoms with Crippen LogP contribution in [0.2, 0.25) is 0 Å². The van der Waals surface area contributed by atoms with Crippen molar-refractivity contribution in [2.75, 3.05) is 0 Å². The van der Waals surface area contributed by atoms with Gasteiger partial charge in [0.05, 0.1) is 0 Å². The van der Waals surface area contributed by atoms with E-state index >= 15 is 0 Å². The highest BCUT2D eigenvalue weighted by Gasteiger charge is 2.63. The molecule has 4 rings (SSSR count). The lowest BCUT2D eigenvalue weighted by Gasteiger charge is -2.64. The maximum atomic E-state index is 11.7. The lowest BCUT2D eigenvalue weighted by Crippen LogP contribution is -2.65. The summed E-state index contributed by atoms with van der Waals surface area (Å²) >= 11 is 0. The fourth-order valence-corrected chi connectivity index (χ4v) is 5.67. The first-order valence-electron chi connectivity index (χ1n) is 7.52.